The smallest absolute Gasteiger partial charge is 0.335 e. The van der Waals surface area contributed by atoms with Crippen LogP contribution in [0.2, 0.25) is 0 Å². The lowest BCUT2D eigenvalue weighted by atomic mass is 10.1. The number of nitrogens with one attached hydrogen (secondary N) is 1. The van der Waals surface area contributed by atoms with E-state index in [1.54, 1.807) is 25.3 Å². The summed E-state index contributed by atoms with van der Waals surface area (Å²) in [5, 5.41) is 11.5. The predicted molar refractivity (Wildman–Crippen MR) is 78.7 cm³/mol. The molecule has 0 bridgehead atoms. The Morgan fingerprint density at radius 1 is 1.10 bits per heavy atom. The summed E-state index contributed by atoms with van der Waals surface area (Å²) in [6.07, 6.45) is 0.185. The van der Waals surface area contributed by atoms with Crippen LogP contribution in [-0.2, 0) is 11.2 Å². The summed E-state index contributed by atoms with van der Waals surface area (Å²) < 4.78 is 5.19. The van der Waals surface area contributed by atoms with E-state index in [1.165, 1.54) is 12.1 Å². The van der Waals surface area contributed by atoms with Crippen molar-refractivity contribution in [3.63, 3.8) is 0 Å². The van der Waals surface area contributed by atoms with Gasteiger partial charge in [0.2, 0.25) is 5.91 Å². The summed E-state index contributed by atoms with van der Waals surface area (Å²) >= 11 is 0. The minimum atomic E-state index is -0.998. The van der Waals surface area contributed by atoms with Crippen molar-refractivity contribution in [2.24, 2.45) is 0 Å². The summed E-state index contributed by atoms with van der Waals surface area (Å²) in [5.41, 5.74) is 1.53. The second-order valence-electron chi connectivity index (χ2n) is 4.42. The number of aromatic carboxylic acids is 1. The van der Waals surface area contributed by atoms with Crippen LogP contribution in [0, 0.1) is 0 Å². The average Bonchev–Trinajstić information content (AvgIpc) is 2.48. The number of ether oxygens (including phenoxy) is 1. The third-order valence-corrected chi connectivity index (χ3v) is 2.96. The minimum absolute atomic E-state index is 0.178. The van der Waals surface area contributed by atoms with Crippen LogP contribution in [0.25, 0.3) is 0 Å². The summed E-state index contributed by atoms with van der Waals surface area (Å²) in [7, 11) is 1.56. The Kier molecular flexibility index (Phi) is 4.56. The molecule has 0 aliphatic heterocycles. The third-order valence-electron chi connectivity index (χ3n) is 2.96. The number of para-hydroxylation sites is 1. The van der Waals surface area contributed by atoms with E-state index in [9.17, 15) is 9.59 Å². The first-order chi connectivity index (χ1) is 10.1. The fourth-order valence-corrected chi connectivity index (χ4v) is 1.92. The summed E-state index contributed by atoms with van der Waals surface area (Å²) in [5.74, 6) is -0.529. The highest BCUT2D eigenvalue weighted by Crippen LogP contribution is 2.18. The van der Waals surface area contributed by atoms with Crippen LogP contribution < -0.4 is 10.1 Å². The van der Waals surface area contributed by atoms with Gasteiger partial charge in [0, 0.05) is 11.3 Å². The lowest BCUT2D eigenvalue weighted by Crippen LogP contribution is -2.15. The summed E-state index contributed by atoms with van der Waals surface area (Å²) in [6.45, 7) is 0. The minimum Gasteiger partial charge on any atom is -0.496 e. The number of carboxylic acid groups (broad SMARTS) is 1. The number of hydrogen-bond donors (Lipinski definition) is 2. The Balaban J connectivity index is 2.03. The molecule has 5 nitrogen and oxygen atoms in total. The van der Waals surface area contributed by atoms with Crippen molar-refractivity contribution in [1.82, 2.24) is 0 Å². The molecule has 2 rings (SSSR count). The summed E-state index contributed by atoms with van der Waals surface area (Å²) in [4.78, 5) is 22.7. The maximum Gasteiger partial charge on any atom is 0.335 e. The maximum atomic E-state index is 12.0. The van der Waals surface area contributed by atoms with Gasteiger partial charge >= 0.3 is 5.97 Å². The predicted octanol–water partition coefficient (Wildman–Crippen LogP) is 2.57. The normalized spacial score (nSPS) is 9.95. The molecule has 2 aromatic rings. The lowest BCUT2D eigenvalue weighted by molar-refractivity contribution is -0.115. The molecule has 0 aliphatic rings. The fraction of sp³-hybridized carbons (Fsp3) is 0.125. The SMILES string of the molecule is COc1ccccc1CC(=O)Nc1ccc(C(=O)O)cc1. The van der Waals surface area contributed by atoms with Gasteiger partial charge in [-0.3, -0.25) is 4.79 Å². The molecule has 0 fully saturated rings. The van der Waals surface area contributed by atoms with Crippen molar-refractivity contribution in [1.29, 1.82) is 0 Å². The average molecular weight is 285 g/mol. The second kappa shape index (κ2) is 6.56. The van der Waals surface area contributed by atoms with Crippen LogP contribution in [0.3, 0.4) is 0 Å². The van der Waals surface area contributed by atoms with Gasteiger partial charge in [-0.05, 0) is 30.3 Å². The molecule has 0 atom stereocenters. The Labute approximate surface area is 122 Å². The van der Waals surface area contributed by atoms with Crippen LogP contribution in [0.1, 0.15) is 15.9 Å². The Morgan fingerprint density at radius 3 is 2.38 bits per heavy atom. The molecule has 2 aromatic carbocycles. The van der Waals surface area contributed by atoms with Gasteiger partial charge in [-0.1, -0.05) is 18.2 Å². The lowest BCUT2D eigenvalue weighted by Gasteiger charge is -2.09. The molecule has 5 heteroatoms. The van der Waals surface area contributed by atoms with Gasteiger partial charge in [0.1, 0.15) is 5.75 Å². The van der Waals surface area contributed by atoms with Gasteiger partial charge in [-0.15, -0.1) is 0 Å². The Morgan fingerprint density at radius 2 is 1.76 bits per heavy atom. The number of carboxylic acids is 1. The van der Waals surface area contributed by atoms with E-state index < -0.39 is 5.97 Å². The van der Waals surface area contributed by atoms with Gasteiger partial charge in [-0.2, -0.15) is 0 Å². The van der Waals surface area contributed by atoms with Crippen LogP contribution in [0.5, 0.6) is 5.75 Å². The number of carbonyl (C=O) groups is 2. The molecule has 1 amide bonds. The Bertz CT molecular complexity index is 650. The molecule has 0 spiro atoms. The van der Waals surface area contributed by atoms with E-state index in [4.69, 9.17) is 9.84 Å². The molecule has 0 unspecified atom stereocenters. The van der Waals surface area contributed by atoms with Crippen molar-refractivity contribution >= 4 is 17.6 Å². The largest absolute Gasteiger partial charge is 0.496 e. The number of anilines is 1. The van der Waals surface area contributed by atoms with Gasteiger partial charge in [0.05, 0.1) is 19.1 Å². The fourth-order valence-electron chi connectivity index (χ4n) is 1.92. The van der Waals surface area contributed by atoms with Crippen molar-refractivity contribution in [3.8, 4) is 5.75 Å². The Hall–Kier alpha value is -2.82. The van der Waals surface area contributed by atoms with Crippen molar-refractivity contribution < 1.29 is 19.4 Å². The van der Waals surface area contributed by atoms with E-state index in [-0.39, 0.29) is 17.9 Å². The topological polar surface area (TPSA) is 75.6 Å². The van der Waals surface area contributed by atoms with Gasteiger partial charge in [0.25, 0.3) is 0 Å². The van der Waals surface area contributed by atoms with E-state index in [0.29, 0.717) is 11.4 Å². The molecule has 0 radical (unpaired) electrons. The molecule has 21 heavy (non-hydrogen) atoms. The third kappa shape index (κ3) is 3.82. The first kappa shape index (κ1) is 14.6. The second-order valence-corrected chi connectivity index (χ2v) is 4.42. The zero-order chi connectivity index (χ0) is 15.2. The number of carbonyl (C=O) groups excluding carboxylic acids is 1. The zero-order valence-electron chi connectivity index (χ0n) is 11.5. The molecular formula is C16H15NO4. The van der Waals surface area contributed by atoms with Gasteiger partial charge in [-0.25, -0.2) is 4.79 Å². The van der Waals surface area contributed by atoms with Crippen LogP contribution in [-0.4, -0.2) is 24.1 Å². The quantitative estimate of drug-likeness (QED) is 0.885. The molecular weight excluding hydrogens is 270 g/mol. The molecule has 0 aromatic heterocycles. The first-order valence-electron chi connectivity index (χ1n) is 6.35. The van der Waals surface area contributed by atoms with E-state index in [0.717, 1.165) is 5.56 Å². The van der Waals surface area contributed by atoms with Crippen molar-refractivity contribution in [2.75, 3.05) is 12.4 Å². The molecule has 0 aliphatic carbocycles. The molecule has 108 valence electrons. The van der Waals surface area contributed by atoms with E-state index in [2.05, 4.69) is 5.32 Å². The molecule has 0 saturated carbocycles. The number of methoxy groups -OCH3 is 1. The van der Waals surface area contributed by atoms with Gasteiger partial charge < -0.3 is 15.2 Å². The molecule has 2 N–H and O–H groups in total. The number of hydrogen-bond acceptors (Lipinski definition) is 3. The van der Waals surface area contributed by atoms with Crippen LogP contribution in [0.4, 0.5) is 5.69 Å². The zero-order valence-corrected chi connectivity index (χ0v) is 11.5. The number of benzene rings is 2. The van der Waals surface area contributed by atoms with E-state index >= 15 is 0 Å². The highest BCUT2D eigenvalue weighted by Gasteiger charge is 2.09. The monoisotopic (exact) mass is 285 g/mol. The standard InChI is InChI=1S/C16H15NO4/c1-21-14-5-3-2-4-12(14)10-15(18)17-13-8-6-11(7-9-13)16(19)20/h2-9H,10H2,1H3,(H,17,18)(H,19,20). The highest BCUT2D eigenvalue weighted by molar-refractivity contribution is 5.93. The number of rotatable bonds is 5. The highest BCUT2D eigenvalue weighted by atomic mass is 16.5. The molecule has 0 saturated heterocycles. The van der Waals surface area contributed by atoms with Crippen molar-refractivity contribution in [3.05, 3.63) is 59.7 Å². The van der Waals surface area contributed by atoms with Crippen LogP contribution >= 0.6 is 0 Å². The molecule has 0 heterocycles. The maximum absolute atomic E-state index is 12.0. The van der Waals surface area contributed by atoms with Crippen molar-refractivity contribution in [2.45, 2.75) is 6.42 Å². The summed E-state index contributed by atoms with van der Waals surface area (Å²) in [6, 6.07) is 13.3. The van der Waals surface area contributed by atoms with E-state index in [1.807, 2.05) is 18.2 Å². The van der Waals surface area contributed by atoms with Crippen LogP contribution in [0.15, 0.2) is 48.5 Å². The van der Waals surface area contributed by atoms with Gasteiger partial charge in [0.15, 0.2) is 0 Å². The first-order valence-corrected chi connectivity index (χ1v) is 6.35. The number of amides is 1.